The summed E-state index contributed by atoms with van der Waals surface area (Å²) in [6.45, 7) is 1.84. The lowest BCUT2D eigenvalue weighted by atomic mass is 10.1. The Bertz CT molecular complexity index is 1130. The largest absolute Gasteiger partial charge is 0.495 e. The third-order valence-electron chi connectivity index (χ3n) is 3.91. The molecule has 0 aliphatic carbocycles. The first-order valence-corrected chi connectivity index (χ1v) is 10.9. The van der Waals surface area contributed by atoms with Gasteiger partial charge in [-0.2, -0.15) is 0 Å². The number of ether oxygens (including phenoxy) is 1. The third kappa shape index (κ3) is 4.49. The Morgan fingerprint density at radius 2 is 1.96 bits per heavy atom. The number of anilines is 1. The van der Waals surface area contributed by atoms with Crippen LogP contribution in [0.1, 0.15) is 21.5 Å². The fraction of sp³-hybridized carbons (Fsp3) is 0.167. The summed E-state index contributed by atoms with van der Waals surface area (Å²) in [6.07, 6.45) is 0. The van der Waals surface area contributed by atoms with Crippen LogP contribution in [0.25, 0.3) is 0 Å². The van der Waals surface area contributed by atoms with Gasteiger partial charge in [0.2, 0.25) is 19.3 Å². The number of hydrogen-bond acceptors (Lipinski definition) is 7. The van der Waals surface area contributed by atoms with Crippen LogP contribution < -0.4 is 10.1 Å². The predicted octanol–water partition coefficient (Wildman–Crippen LogP) is 3.73. The quantitative estimate of drug-likeness (QED) is 0.590. The minimum atomic E-state index is -3.68. The summed E-state index contributed by atoms with van der Waals surface area (Å²) < 4.78 is 30.1. The van der Waals surface area contributed by atoms with Crippen LogP contribution in [0.2, 0.25) is 5.02 Å². The van der Waals surface area contributed by atoms with Crippen LogP contribution in [0.5, 0.6) is 5.75 Å². The molecule has 0 atom stereocenters. The van der Waals surface area contributed by atoms with Crippen molar-refractivity contribution in [2.75, 3.05) is 12.4 Å². The van der Waals surface area contributed by atoms with Gasteiger partial charge in [-0.15, -0.1) is 10.2 Å². The fourth-order valence-corrected chi connectivity index (χ4v) is 5.07. The number of amides is 1. The van der Waals surface area contributed by atoms with Gasteiger partial charge in [0, 0.05) is 5.56 Å². The Balaban J connectivity index is 1.75. The summed E-state index contributed by atoms with van der Waals surface area (Å²) in [5.74, 6) is -0.224. The van der Waals surface area contributed by atoms with Gasteiger partial charge in [-0.05, 0) is 36.2 Å². The predicted molar refractivity (Wildman–Crippen MR) is 108 cm³/mol. The number of aryl methyl sites for hydroxylation is 1. The highest BCUT2D eigenvalue weighted by molar-refractivity contribution is 7.92. The van der Waals surface area contributed by atoms with Gasteiger partial charge in [-0.1, -0.05) is 47.2 Å². The van der Waals surface area contributed by atoms with Gasteiger partial charge in [0.15, 0.2) is 0 Å². The van der Waals surface area contributed by atoms with Gasteiger partial charge in [0.25, 0.3) is 5.91 Å². The SMILES string of the molecule is COc1ccc(C(=O)Nc2nnc(S(=O)(=O)Cc3ccccc3C)s2)cc1Cl. The molecule has 3 rings (SSSR count). The van der Waals surface area contributed by atoms with Crippen molar-refractivity contribution in [1.29, 1.82) is 0 Å². The molecule has 0 radical (unpaired) electrons. The van der Waals surface area contributed by atoms with E-state index in [0.29, 0.717) is 11.3 Å². The van der Waals surface area contributed by atoms with Crippen LogP contribution in [0.15, 0.2) is 46.8 Å². The molecule has 1 heterocycles. The minimum Gasteiger partial charge on any atom is -0.495 e. The number of halogens is 1. The molecule has 0 aliphatic rings. The highest BCUT2D eigenvalue weighted by Crippen LogP contribution is 2.27. The molecule has 0 saturated heterocycles. The van der Waals surface area contributed by atoms with Gasteiger partial charge < -0.3 is 4.74 Å². The smallest absolute Gasteiger partial charge is 0.257 e. The molecule has 1 amide bonds. The molecule has 0 fully saturated rings. The number of carbonyl (C=O) groups excluding carboxylic acids is 1. The number of aromatic nitrogens is 2. The van der Waals surface area contributed by atoms with E-state index < -0.39 is 15.7 Å². The second-order valence-corrected chi connectivity index (χ2v) is 9.41. The first-order valence-electron chi connectivity index (χ1n) is 8.06. The van der Waals surface area contributed by atoms with E-state index in [2.05, 4.69) is 15.5 Å². The maximum absolute atomic E-state index is 12.6. The normalized spacial score (nSPS) is 11.2. The van der Waals surface area contributed by atoms with E-state index in [-0.39, 0.29) is 25.8 Å². The van der Waals surface area contributed by atoms with E-state index in [1.54, 1.807) is 18.2 Å². The number of hydrogen-bond donors (Lipinski definition) is 1. The maximum Gasteiger partial charge on any atom is 0.257 e. The highest BCUT2D eigenvalue weighted by atomic mass is 35.5. The summed E-state index contributed by atoms with van der Waals surface area (Å²) in [7, 11) is -2.20. The van der Waals surface area contributed by atoms with Gasteiger partial charge >= 0.3 is 0 Å². The summed E-state index contributed by atoms with van der Waals surface area (Å²) in [5.41, 5.74) is 1.85. The Hall–Kier alpha value is -2.49. The number of sulfone groups is 1. The average molecular weight is 438 g/mol. The molecule has 0 unspecified atom stereocenters. The Morgan fingerprint density at radius 3 is 2.64 bits per heavy atom. The van der Waals surface area contributed by atoms with E-state index in [1.165, 1.54) is 19.2 Å². The van der Waals surface area contributed by atoms with E-state index in [0.717, 1.165) is 16.9 Å². The lowest BCUT2D eigenvalue weighted by Crippen LogP contribution is -2.11. The Morgan fingerprint density at radius 1 is 1.21 bits per heavy atom. The van der Waals surface area contributed by atoms with Crippen LogP contribution in [-0.4, -0.2) is 31.6 Å². The molecule has 3 aromatic rings. The lowest BCUT2D eigenvalue weighted by molar-refractivity contribution is 0.102. The minimum absolute atomic E-state index is 0.0836. The van der Waals surface area contributed by atoms with Gasteiger partial charge in [0.05, 0.1) is 17.9 Å². The fourth-order valence-electron chi connectivity index (χ4n) is 2.40. The van der Waals surface area contributed by atoms with Crippen LogP contribution >= 0.6 is 22.9 Å². The molecular weight excluding hydrogens is 422 g/mol. The number of benzene rings is 2. The van der Waals surface area contributed by atoms with Crippen LogP contribution in [0, 0.1) is 6.92 Å². The van der Waals surface area contributed by atoms with Crippen LogP contribution in [0.4, 0.5) is 5.13 Å². The van der Waals surface area contributed by atoms with Gasteiger partial charge in [-0.25, -0.2) is 8.42 Å². The van der Waals surface area contributed by atoms with Crippen molar-refractivity contribution in [3.8, 4) is 5.75 Å². The zero-order chi connectivity index (χ0) is 20.3. The van der Waals surface area contributed by atoms with Crippen LogP contribution in [-0.2, 0) is 15.6 Å². The highest BCUT2D eigenvalue weighted by Gasteiger charge is 2.22. The van der Waals surface area contributed by atoms with Crippen molar-refractivity contribution in [1.82, 2.24) is 10.2 Å². The molecule has 10 heteroatoms. The number of carbonyl (C=O) groups is 1. The topological polar surface area (TPSA) is 98.2 Å². The number of nitrogens with zero attached hydrogens (tertiary/aromatic N) is 2. The Kier molecular flexibility index (Phi) is 5.97. The van der Waals surface area contributed by atoms with Gasteiger partial charge in [-0.3, -0.25) is 10.1 Å². The molecule has 0 spiro atoms. The first kappa shape index (κ1) is 20.2. The Labute approximate surface area is 171 Å². The van der Waals surface area contributed by atoms with Crippen LogP contribution in [0.3, 0.4) is 0 Å². The zero-order valence-corrected chi connectivity index (χ0v) is 17.4. The van der Waals surface area contributed by atoms with E-state index in [4.69, 9.17) is 16.3 Å². The van der Waals surface area contributed by atoms with Crippen molar-refractivity contribution >= 4 is 43.8 Å². The standard InChI is InChI=1S/C18H16ClN3O4S2/c1-11-5-3-4-6-13(11)10-28(24,25)18-22-21-17(27-18)20-16(23)12-7-8-15(26-2)14(19)9-12/h3-9H,10H2,1-2H3,(H,20,21,23). The number of rotatable bonds is 6. The number of methoxy groups -OCH3 is 1. The molecule has 28 heavy (non-hydrogen) atoms. The van der Waals surface area contributed by atoms with E-state index in [9.17, 15) is 13.2 Å². The molecule has 146 valence electrons. The molecule has 0 bridgehead atoms. The second-order valence-electron chi connectivity index (χ2n) is 5.86. The number of nitrogens with one attached hydrogen (secondary N) is 1. The summed E-state index contributed by atoms with van der Waals surface area (Å²) in [6, 6.07) is 11.8. The molecule has 1 aromatic heterocycles. The van der Waals surface area contributed by atoms with Crippen molar-refractivity contribution in [2.24, 2.45) is 0 Å². The first-order chi connectivity index (χ1) is 13.3. The monoisotopic (exact) mass is 437 g/mol. The van der Waals surface area contributed by atoms with Gasteiger partial charge in [0.1, 0.15) is 5.75 Å². The average Bonchev–Trinajstić information content (AvgIpc) is 3.13. The van der Waals surface area contributed by atoms with Crippen molar-refractivity contribution in [2.45, 2.75) is 17.0 Å². The lowest BCUT2D eigenvalue weighted by Gasteiger charge is -2.05. The zero-order valence-electron chi connectivity index (χ0n) is 15.0. The van der Waals surface area contributed by atoms with Crippen molar-refractivity contribution < 1.29 is 17.9 Å². The summed E-state index contributed by atoms with van der Waals surface area (Å²) >= 11 is 6.82. The second kappa shape index (κ2) is 8.26. The maximum atomic E-state index is 12.6. The summed E-state index contributed by atoms with van der Waals surface area (Å²) in [4.78, 5) is 12.3. The molecule has 2 aromatic carbocycles. The molecular formula is C18H16ClN3O4S2. The van der Waals surface area contributed by atoms with Crippen molar-refractivity contribution in [3.05, 3.63) is 64.2 Å². The molecule has 1 N–H and O–H groups in total. The molecule has 0 saturated carbocycles. The molecule has 7 nitrogen and oxygen atoms in total. The van der Waals surface area contributed by atoms with Crippen molar-refractivity contribution in [3.63, 3.8) is 0 Å². The third-order valence-corrected chi connectivity index (χ3v) is 7.16. The summed E-state index contributed by atoms with van der Waals surface area (Å²) in [5, 5.41) is 10.4. The van der Waals surface area contributed by atoms with E-state index in [1.807, 2.05) is 19.1 Å². The molecule has 0 aliphatic heterocycles. The van der Waals surface area contributed by atoms with E-state index >= 15 is 0 Å².